The fraction of sp³-hybridized carbons (Fsp3) is 0.267. The molecule has 104 valence electrons. The number of benzene rings is 1. The van der Waals surface area contributed by atoms with Gasteiger partial charge in [0.1, 0.15) is 5.69 Å². The third-order valence-electron chi connectivity index (χ3n) is 3.09. The number of nitro benzene ring substituents is 1. The molecule has 0 fully saturated rings. The number of hydrogen-bond donors (Lipinski definition) is 1. The highest BCUT2D eigenvalue weighted by Crippen LogP contribution is 2.28. The van der Waals surface area contributed by atoms with Crippen LogP contribution in [0.4, 0.5) is 11.4 Å². The van der Waals surface area contributed by atoms with E-state index < -0.39 is 0 Å². The second-order valence-electron chi connectivity index (χ2n) is 4.90. The molecule has 0 bridgehead atoms. The Balaban J connectivity index is 2.24. The summed E-state index contributed by atoms with van der Waals surface area (Å²) in [6, 6.07) is 8.98. The van der Waals surface area contributed by atoms with Crippen LogP contribution in [-0.4, -0.2) is 9.91 Å². The maximum atomic E-state index is 11.1. The fourth-order valence-electron chi connectivity index (χ4n) is 1.91. The van der Waals surface area contributed by atoms with Gasteiger partial charge in [-0.2, -0.15) is 0 Å². The highest BCUT2D eigenvalue weighted by Gasteiger charge is 2.14. The highest BCUT2D eigenvalue weighted by molar-refractivity contribution is 5.63. The number of aromatic nitrogens is 1. The van der Waals surface area contributed by atoms with Crippen molar-refractivity contribution in [3.8, 4) is 0 Å². The van der Waals surface area contributed by atoms with Crippen LogP contribution in [0, 0.1) is 10.1 Å². The average Bonchev–Trinajstić information content (AvgIpc) is 2.45. The maximum absolute atomic E-state index is 11.1. The maximum Gasteiger partial charge on any atom is 0.292 e. The SMILES string of the molecule is CC(C)c1ccc([N+](=O)[O-])c(NCc2cccnc2)c1. The van der Waals surface area contributed by atoms with Gasteiger partial charge >= 0.3 is 0 Å². The zero-order valence-corrected chi connectivity index (χ0v) is 11.5. The fourth-order valence-corrected chi connectivity index (χ4v) is 1.91. The van der Waals surface area contributed by atoms with E-state index in [0.717, 1.165) is 11.1 Å². The van der Waals surface area contributed by atoms with Crippen molar-refractivity contribution in [3.05, 3.63) is 64.0 Å². The van der Waals surface area contributed by atoms with E-state index in [2.05, 4.69) is 24.1 Å². The van der Waals surface area contributed by atoms with Crippen molar-refractivity contribution in [1.29, 1.82) is 0 Å². The zero-order chi connectivity index (χ0) is 14.5. The summed E-state index contributed by atoms with van der Waals surface area (Å²) in [6.07, 6.45) is 3.44. The minimum atomic E-state index is -0.365. The van der Waals surface area contributed by atoms with E-state index in [1.807, 2.05) is 18.2 Å². The van der Waals surface area contributed by atoms with Gasteiger partial charge in [-0.1, -0.05) is 26.0 Å². The number of nitro groups is 1. The van der Waals surface area contributed by atoms with Crippen molar-refractivity contribution >= 4 is 11.4 Å². The third-order valence-corrected chi connectivity index (χ3v) is 3.09. The molecule has 0 spiro atoms. The molecule has 20 heavy (non-hydrogen) atoms. The number of rotatable bonds is 5. The van der Waals surface area contributed by atoms with Gasteiger partial charge in [-0.25, -0.2) is 0 Å². The quantitative estimate of drug-likeness (QED) is 0.664. The lowest BCUT2D eigenvalue weighted by molar-refractivity contribution is -0.384. The molecule has 5 nitrogen and oxygen atoms in total. The number of nitrogens with zero attached hydrogens (tertiary/aromatic N) is 2. The van der Waals surface area contributed by atoms with E-state index in [1.165, 1.54) is 0 Å². The topological polar surface area (TPSA) is 68.1 Å². The summed E-state index contributed by atoms with van der Waals surface area (Å²) < 4.78 is 0. The Morgan fingerprint density at radius 2 is 2.15 bits per heavy atom. The Hall–Kier alpha value is -2.43. The van der Waals surface area contributed by atoms with E-state index in [4.69, 9.17) is 0 Å². The van der Waals surface area contributed by atoms with Crippen LogP contribution in [0.2, 0.25) is 0 Å². The average molecular weight is 271 g/mol. The van der Waals surface area contributed by atoms with Crippen molar-refractivity contribution in [3.63, 3.8) is 0 Å². The van der Waals surface area contributed by atoms with Gasteiger partial charge in [-0.3, -0.25) is 15.1 Å². The Labute approximate surface area is 117 Å². The van der Waals surface area contributed by atoms with Crippen LogP contribution in [0.3, 0.4) is 0 Å². The smallest absolute Gasteiger partial charge is 0.292 e. The summed E-state index contributed by atoms with van der Waals surface area (Å²) in [7, 11) is 0. The van der Waals surface area contributed by atoms with Gasteiger partial charge in [0, 0.05) is 25.0 Å². The molecule has 1 N–H and O–H groups in total. The molecule has 0 radical (unpaired) electrons. The van der Waals surface area contributed by atoms with Gasteiger partial charge in [-0.15, -0.1) is 0 Å². The lowest BCUT2D eigenvalue weighted by atomic mass is 10.0. The van der Waals surface area contributed by atoms with Crippen LogP contribution >= 0.6 is 0 Å². The van der Waals surface area contributed by atoms with Crippen molar-refractivity contribution in [2.24, 2.45) is 0 Å². The van der Waals surface area contributed by atoms with E-state index in [-0.39, 0.29) is 10.6 Å². The summed E-state index contributed by atoms with van der Waals surface area (Å²) >= 11 is 0. The molecule has 0 saturated carbocycles. The molecule has 0 saturated heterocycles. The summed E-state index contributed by atoms with van der Waals surface area (Å²) in [5.74, 6) is 0.328. The van der Waals surface area contributed by atoms with Crippen LogP contribution in [0.25, 0.3) is 0 Å². The molecule has 1 aromatic carbocycles. The van der Waals surface area contributed by atoms with Gasteiger partial charge < -0.3 is 5.32 Å². The molecule has 0 amide bonds. The third kappa shape index (κ3) is 3.32. The Morgan fingerprint density at radius 3 is 2.75 bits per heavy atom. The van der Waals surface area contributed by atoms with Gasteiger partial charge in [-0.05, 0) is 29.2 Å². The second kappa shape index (κ2) is 6.14. The molecular formula is C15H17N3O2. The first-order chi connectivity index (χ1) is 9.58. The first-order valence-electron chi connectivity index (χ1n) is 6.49. The standard InChI is InChI=1S/C15H17N3O2/c1-11(2)13-5-6-15(18(19)20)14(8-13)17-10-12-4-3-7-16-9-12/h3-9,11,17H,10H2,1-2H3. The number of hydrogen-bond acceptors (Lipinski definition) is 4. The largest absolute Gasteiger partial charge is 0.375 e. The van der Waals surface area contributed by atoms with Gasteiger partial charge in [0.15, 0.2) is 0 Å². The Kier molecular flexibility index (Phi) is 4.30. The van der Waals surface area contributed by atoms with Crippen LogP contribution in [0.5, 0.6) is 0 Å². The van der Waals surface area contributed by atoms with Crippen LogP contribution in [0.1, 0.15) is 30.9 Å². The molecule has 0 aliphatic heterocycles. The zero-order valence-electron chi connectivity index (χ0n) is 11.5. The van der Waals surface area contributed by atoms with Gasteiger partial charge in [0.25, 0.3) is 5.69 Å². The molecule has 5 heteroatoms. The lowest BCUT2D eigenvalue weighted by Crippen LogP contribution is -2.04. The molecule has 0 aliphatic rings. The normalized spacial score (nSPS) is 10.6. The predicted octanol–water partition coefficient (Wildman–Crippen LogP) is 3.73. The molecule has 0 unspecified atom stereocenters. The predicted molar refractivity (Wildman–Crippen MR) is 78.7 cm³/mol. The van der Waals surface area contributed by atoms with E-state index in [9.17, 15) is 10.1 Å². The van der Waals surface area contributed by atoms with Crippen molar-refractivity contribution in [1.82, 2.24) is 4.98 Å². The summed E-state index contributed by atoms with van der Waals surface area (Å²) in [5, 5.41) is 14.2. The summed E-state index contributed by atoms with van der Waals surface area (Å²) in [5.41, 5.74) is 2.70. The van der Waals surface area contributed by atoms with Crippen molar-refractivity contribution in [2.75, 3.05) is 5.32 Å². The first kappa shape index (κ1) is 14.0. The first-order valence-corrected chi connectivity index (χ1v) is 6.49. The molecule has 1 aromatic heterocycles. The molecule has 0 atom stereocenters. The minimum absolute atomic E-state index is 0.0956. The van der Waals surface area contributed by atoms with Gasteiger partial charge in [0.2, 0.25) is 0 Å². The minimum Gasteiger partial charge on any atom is -0.375 e. The van der Waals surface area contributed by atoms with Crippen LogP contribution in [0.15, 0.2) is 42.7 Å². The monoisotopic (exact) mass is 271 g/mol. The summed E-state index contributed by atoms with van der Waals surface area (Å²) in [6.45, 7) is 4.63. The molecule has 2 rings (SSSR count). The molecular weight excluding hydrogens is 254 g/mol. The van der Waals surface area contributed by atoms with Crippen LogP contribution in [-0.2, 0) is 6.54 Å². The van der Waals surface area contributed by atoms with E-state index in [0.29, 0.717) is 18.2 Å². The summed E-state index contributed by atoms with van der Waals surface area (Å²) in [4.78, 5) is 14.7. The number of anilines is 1. The highest BCUT2D eigenvalue weighted by atomic mass is 16.6. The number of pyridine rings is 1. The Morgan fingerprint density at radius 1 is 1.35 bits per heavy atom. The van der Waals surface area contributed by atoms with Crippen molar-refractivity contribution < 1.29 is 4.92 Å². The molecule has 1 heterocycles. The Bertz CT molecular complexity index is 597. The lowest BCUT2D eigenvalue weighted by Gasteiger charge is -2.11. The second-order valence-corrected chi connectivity index (χ2v) is 4.90. The molecule has 2 aromatic rings. The van der Waals surface area contributed by atoms with Crippen molar-refractivity contribution in [2.45, 2.75) is 26.3 Å². The molecule has 0 aliphatic carbocycles. The van der Waals surface area contributed by atoms with Crippen LogP contribution < -0.4 is 5.32 Å². The van der Waals surface area contributed by atoms with E-state index in [1.54, 1.807) is 24.5 Å². The number of nitrogens with one attached hydrogen (secondary N) is 1. The van der Waals surface area contributed by atoms with Gasteiger partial charge in [0.05, 0.1) is 4.92 Å². The van der Waals surface area contributed by atoms with E-state index >= 15 is 0 Å².